The molecule has 0 atom stereocenters. The molecule has 0 radical (unpaired) electrons. The van der Waals surface area contributed by atoms with Gasteiger partial charge in [-0.25, -0.2) is 0 Å². The molecule has 8 heteroatoms. The molecule has 0 spiro atoms. The Bertz CT molecular complexity index is 464. The minimum absolute atomic E-state index is 0.0735. The van der Waals surface area contributed by atoms with Gasteiger partial charge in [0, 0.05) is 35.7 Å². The van der Waals surface area contributed by atoms with Gasteiger partial charge in [0.05, 0.1) is 4.92 Å². The minimum Gasteiger partial charge on any atom is -0.352 e. The molecule has 1 aromatic carbocycles. The molecule has 0 saturated carbocycles. The van der Waals surface area contributed by atoms with Gasteiger partial charge in [-0.2, -0.15) is 0 Å². The zero-order chi connectivity index (χ0) is 12.7. The minimum atomic E-state index is -0.538. The number of azide groups is 1. The fraction of sp³-hybridized carbons (Fsp3) is 0.222. The number of hydrogen-bond donors (Lipinski definition) is 1. The van der Waals surface area contributed by atoms with Crippen LogP contribution in [0.25, 0.3) is 10.4 Å². The Kier molecular flexibility index (Phi) is 4.46. The molecule has 17 heavy (non-hydrogen) atoms. The van der Waals surface area contributed by atoms with Crippen LogP contribution in [0.3, 0.4) is 0 Å². The van der Waals surface area contributed by atoms with Crippen molar-refractivity contribution in [1.29, 1.82) is 0 Å². The maximum absolute atomic E-state index is 11.5. The molecule has 0 aromatic heterocycles. The van der Waals surface area contributed by atoms with E-state index in [1.165, 1.54) is 24.3 Å². The highest BCUT2D eigenvalue weighted by molar-refractivity contribution is 5.94. The summed E-state index contributed by atoms with van der Waals surface area (Å²) in [5.41, 5.74) is 8.26. The third-order valence-electron chi connectivity index (χ3n) is 1.90. The largest absolute Gasteiger partial charge is 0.352 e. The van der Waals surface area contributed by atoms with E-state index in [0.29, 0.717) is 5.56 Å². The Morgan fingerprint density at radius 1 is 1.47 bits per heavy atom. The first kappa shape index (κ1) is 12.5. The van der Waals surface area contributed by atoms with Crippen LogP contribution in [0.4, 0.5) is 5.69 Å². The summed E-state index contributed by atoms with van der Waals surface area (Å²) in [6.07, 6.45) is 0. The van der Waals surface area contributed by atoms with Gasteiger partial charge in [0.15, 0.2) is 0 Å². The Morgan fingerprint density at radius 3 is 2.65 bits per heavy atom. The molecule has 88 valence electrons. The van der Waals surface area contributed by atoms with E-state index >= 15 is 0 Å². The molecule has 8 nitrogen and oxygen atoms in total. The summed E-state index contributed by atoms with van der Waals surface area (Å²) < 4.78 is 0. The van der Waals surface area contributed by atoms with E-state index < -0.39 is 4.92 Å². The van der Waals surface area contributed by atoms with Gasteiger partial charge in [0.2, 0.25) is 0 Å². The third-order valence-corrected chi connectivity index (χ3v) is 1.90. The van der Waals surface area contributed by atoms with Crippen LogP contribution in [0.5, 0.6) is 0 Å². The fourth-order valence-electron chi connectivity index (χ4n) is 1.10. The van der Waals surface area contributed by atoms with Crippen LogP contribution in [0.1, 0.15) is 10.4 Å². The van der Waals surface area contributed by atoms with E-state index in [1.54, 1.807) is 0 Å². The first-order chi connectivity index (χ1) is 8.15. The van der Waals surface area contributed by atoms with Gasteiger partial charge in [0.1, 0.15) is 0 Å². The predicted octanol–water partition coefficient (Wildman–Crippen LogP) is 1.63. The molecule has 1 N–H and O–H groups in total. The van der Waals surface area contributed by atoms with Crippen LogP contribution in [0.15, 0.2) is 29.4 Å². The molecule has 0 unspecified atom stereocenters. The number of non-ortho nitro benzene ring substituents is 1. The van der Waals surface area contributed by atoms with Crippen LogP contribution >= 0.6 is 0 Å². The summed E-state index contributed by atoms with van der Waals surface area (Å²) in [4.78, 5) is 23.9. The Morgan fingerprint density at radius 2 is 2.12 bits per heavy atom. The van der Waals surface area contributed by atoms with Gasteiger partial charge in [-0.15, -0.1) is 0 Å². The molecule has 0 fully saturated rings. The Balaban J connectivity index is 2.57. The van der Waals surface area contributed by atoms with Gasteiger partial charge >= 0.3 is 0 Å². The zero-order valence-electron chi connectivity index (χ0n) is 8.74. The summed E-state index contributed by atoms with van der Waals surface area (Å²) >= 11 is 0. The van der Waals surface area contributed by atoms with E-state index in [9.17, 15) is 14.9 Å². The number of nitro groups is 1. The number of carbonyl (C=O) groups is 1. The van der Waals surface area contributed by atoms with Crippen molar-refractivity contribution >= 4 is 11.6 Å². The maximum atomic E-state index is 11.5. The normalized spacial score (nSPS) is 9.18. The fourth-order valence-corrected chi connectivity index (χ4v) is 1.10. The van der Waals surface area contributed by atoms with Gasteiger partial charge in [-0.1, -0.05) is 5.11 Å². The SMILES string of the molecule is [N-]=[N+]=NCCNC(=O)c1ccc([N+](=O)[O-])cc1. The number of carbonyl (C=O) groups excluding carboxylic acids is 1. The lowest BCUT2D eigenvalue weighted by Gasteiger charge is -2.02. The number of nitro benzene ring substituents is 1. The standard InChI is InChI=1S/C9H9N5O3/c10-13-12-6-5-11-9(15)7-1-3-8(4-2-7)14(16)17/h1-4H,5-6H2,(H,11,15). The summed E-state index contributed by atoms with van der Waals surface area (Å²) in [6.45, 7) is 0.384. The molecule has 0 aliphatic heterocycles. The van der Waals surface area contributed by atoms with E-state index in [2.05, 4.69) is 15.3 Å². The first-order valence-corrected chi connectivity index (χ1v) is 4.68. The summed E-state index contributed by atoms with van der Waals surface area (Å²) in [6, 6.07) is 5.23. The summed E-state index contributed by atoms with van der Waals surface area (Å²) in [5.74, 6) is -0.368. The summed E-state index contributed by atoms with van der Waals surface area (Å²) in [5, 5.41) is 16.1. The average Bonchev–Trinajstić information content (AvgIpc) is 2.34. The van der Waals surface area contributed by atoms with Crippen molar-refractivity contribution in [1.82, 2.24) is 5.32 Å². The highest BCUT2D eigenvalue weighted by Crippen LogP contribution is 2.11. The average molecular weight is 235 g/mol. The Labute approximate surface area is 96.0 Å². The molecule has 0 bridgehead atoms. The van der Waals surface area contributed by atoms with Gasteiger partial charge in [-0.05, 0) is 17.7 Å². The molecular formula is C9H9N5O3. The second kappa shape index (κ2) is 6.09. The van der Waals surface area contributed by atoms with Crippen molar-refractivity contribution < 1.29 is 9.72 Å². The topological polar surface area (TPSA) is 121 Å². The van der Waals surface area contributed by atoms with Crippen molar-refractivity contribution in [3.8, 4) is 0 Å². The number of hydrogen-bond acceptors (Lipinski definition) is 4. The molecule has 0 saturated heterocycles. The molecule has 1 amide bonds. The highest BCUT2D eigenvalue weighted by Gasteiger charge is 2.08. The van der Waals surface area contributed by atoms with Gasteiger partial charge < -0.3 is 5.32 Å². The van der Waals surface area contributed by atoms with Crippen molar-refractivity contribution in [3.63, 3.8) is 0 Å². The molecule has 0 aliphatic rings. The maximum Gasteiger partial charge on any atom is 0.269 e. The molecule has 1 rings (SSSR count). The lowest BCUT2D eigenvalue weighted by Crippen LogP contribution is -2.25. The third kappa shape index (κ3) is 3.80. The van der Waals surface area contributed by atoms with Crippen molar-refractivity contribution in [3.05, 3.63) is 50.4 Å². The van der Waals surface area contributed by atoms with Crippen molar-refractivity contribution in [2.45, 2.75) is 0 Å². The number of rotatable bonds is 5. The van der Waals surface area contributed by atoms with Crippen LogP contribution < -0.4 is 5.32 Å². The van der Waals surface area contributed by atoms with Crippen LogP contribution in [0, 0.1) is 10.1 Å². The molecule has 0 heterocycles. The lowest BCUT2D eigenvalue weighted by molar-refractivity contribution is -0.384. The van der Waals surface area contributed by atoms with Crippen molar-refractivity contribution in [2.24, 2.45) is 5.11 Å². The number of benzene rings is 1. The number of nitrogens with zero attached hydrogens (tertiary/aromatic N) is 4. The molecule has 1 aromatic rings. The zero-order valence-corrected chi connectivity index (χ0v) is 8.74. The van der Waals surface area contributed by atoms with Gasteiger partial charge in [-0.3, -0.25) is 14.9 Å². The van der Waals surface area contributed by atoms with Crippen molar-refractivity contribution in [2.75, 3.05) is 13.1 Å². The Hall–Kier alpha value is -2.60. The first-order valence-electron chi connectivity index (χ1n) is 4.68. The predicted molar refractivity (Wildman–Crippen MR) is 59.4 cm³/mol. The second-order valence-electron chi connectivity index (χ2n) is 3.01. The van der Waals surface area contributed by atoms with E-state index in [4.69, 9.17) is 5.53 Å². The smallest absolute Gasteiger partial charge is 0.269 e. The van der Waals surface area contributed by atoms with E-state index in [-0.39, 0.29) is 24.7 Å². The lowest BCUT2D eigenvalue weighted by atomic mass is 10.2. The van der Waals surface area contributed by atoms with Crippen LogP contribution in [-0.2, 0) is 0 Å². The quantitative estimate of drug-likeness (QED) is 0.208. The molecular weight excluding hydrogens is 226 g/mol. The number of amides is 1. The number of nitrogens with one attached hydrogen (secondary N) is 1. The summed E-state index contributed by atoms with van der Waals surface area (Å²) in [7, 11) is 0. The van der Waals surface area contributed by atoms with E-state index in [0.717, 1.165) is 0 Å². The monoisotopic (exact) mass is 235 g/mol. The van der Waals surface area contributed by atoms with E-state index in [1.807, 2.05) is 0 Å². The van der Waals surface area contributed by atoms with Gasteiger partial charge in [0.25, 0.3) is 11.6 Å². The second-order valence-corrected chi connectivity index (χ2v) is 3.01. The van der Waals surface area contributed by atoms with Crippen LogP contribution in [-0.4, -0.2) is 23.9 Å². The highest BCUT2D eigenvalue weighted by atomic mass is 16.6. The van der Waals surface area contributed by atoms with Crippen LogP contribution in [0.2, 0.25) is 0 Å². The molecule has 0 aliphatic carbocycles.